The standard InChI is InChI=1S/C13H17NO2S/c1-4-10-13(15)14-12-9(16-8(2)3)6-5-7-11(12)17-10/h5-8,10H,4H2,1-3H3,(H,14,15). The van der Waals surface area contributed by atoms with E-state index >= 15 is 0 Å². The van der Waals surface area contributed by atoms with Gasteiger partial charge in [-0.05, 0) is 32.4 Å². The zero-order valence-corrected chi connectivity index (χ0v) is 11.1. The van der Waals surface area contributed by atoms with Crippen molar-refractivity contribution in [1.29, 1.82) is 0 Å². The molecule has 17 heavy (non-hydrogen) atoms. The van der Waals surface area contributed by atoms with Crippen LogP contribution in [0.15, 0.2) is 23.1 Å². The highest BCUT2D eigenvalue weighted by molar-refractivity contribution is 8.01. The highest BCUT2D eigenvalue weighted by Gasteiger charge is 2.27. The van der Waals surface area contributed by atoms with Crippen LogP contribution in [0.5, 0.6) is 5.75 Å². The number of hydrogen-bond acceptors (Lipinski definition) is 3. The number of amides is 1. The Bertz CT molecular complexity index is 431. The maximum absolute atomic E-state index is 11.8. The minimum absolute atomic E-state index is 0.0109. The van der Waals surface area contributed by atoms with Gasteiger partial charge in [-0.15, -0.1) is 11.8 Å². The smallest absolute Gasteiger partial charge is 0.237 e. The second-order valence-corrected chi connectivity index (χ2v) is 5.54. The van der Waals surface area contributed by atoms with Crippen LogP contribution in [0.25, 0.3) is 0 Å². The third kappa shape index (κ3) is 2.57. The van der Waals surface area contributed by atoms with Crippen molar-refractivity contribution in [2.24, 2.45) is 0 Å². The van der Waals surface area contributed by atoms with Crippen LogP contribution in [0.1, 0.15) is 27.2 Å². The Morgan fingerprint density at radius 1 is 1.47 bits per heavy atom. The van der Waals surface area contributed by atoms with E-state index in [0.29, 0.717) is 0 Å². The first-order valence-electron chi connectivity index (χ1n) is 5.89. The summed E-state index contributed by atoms with van der Waals surface area (Å²) >= 11 is 1.61. The average molecular weight is 251 g/mol. The number of thioether (sulfide) groups is 1. The molecule has 0 spiro atoms. The van der Waals surface area contributed by atoms with E-state index in [0.717, 1.165) is 22.8 Å². The highest BCUT2D eigenvalue weighted by atomic mass is 32.2. The average Bonchev–Trinajstić information content (AvgIpc) is 2.28. The lowest BCUT2D eigenvalue weighted by Crippen LogP contribution is -2.28. The number of hydrogen-bond donors (Lipinski definition) is 1. The molecule has 1 heterocycles. The summed E-state index contributed by atoms with van der Waals surface area (Å²) in [6.45, 7) is 5.98. The van der Waals surface area contributed by atoms with Gasteiger partial charge in [0.15, 0.2) is 0 Å². The number of para-hydroxylation sites is 1. The Kier molecular flexibility index (Phi) is 3.62. The third-order valence-corrected chi connectivity index (χ3v) is 3.96. The van der Waals surface area contributed by atoms with Crippen LogP contribution in [-0.4, -0.2) is 17.3 Å². The number of rotatable bonds is 3. The monoisotopic (exact) mass is 251 g/mol. The molecular weight excluding hydrogens is 234 g/mol. The van der Waals surface area contributed by atoms with Crippen LogP contribution in [-0.2, 0) is 4.79 Å². The highest BCUT2D eigenvalue weighted by Crippen LogP contribution is 2.42. The van der Waals surface area contributed by atoms with Gasteiger partial charge in [0.2, 0.25) is 5.91 Å². The molecule has 92 valence electrons. The summed E-state index contributed by atoms with van der Waals surface area (Å²) in [4.78, 5) is 12.9. The van der Waals surface area contributed by atoms with Gasteiger partial charge >= 0.3 is 0 Å². The number of ether oxygens (including phenoxy) is 1. The largest absolute Gasteiger partial charge is 0.489 e. The fourth-order valence-electron chi connectivity index (χ4n) is 1.76. The summed E-state index contributed by atoms with van der Waals surface area (Å²) in [5.74, 6) is 0.831. The van der Waals surface area contributed by atoms with Crippen molar-refractivity contribution < 1.29 is 9.53 Å². The van der Waals surface area contributed by atoms with Gasteiger partial charge in [0, 0.05) is 4.90 Å². The summed E-state index contributed by atoms with van der Waals surface area (Å²) in [5.41, 5.74) is 0.820. The number of nitrogens with one attached hydrogen (secondary N) is 1. The van der Waals surface area contributed by atoms with Gasteiger partial charge in [0.05, 0.1) is 17.0 Å². The Morgan fingerprint density at radius 2 is 2.24 bits per heavy atom. The lowest BCUT2D eigenvalue weighted by molar-refractivity contribution is -0.115. The van der Waals surface area contributed by atoms with Crippen LogP contribution in [0, 0.1) is 0 Å². The molecule has 0 saturated heterocycles. The molecule has 2 rings (SSSR count). The molecule has 0 bridgehead atoms. The zero-order chi connectivity index (χ0) is 12.4. The Morgan fingerprint density at radius 3 is 2.88 bits per heavy atom. The molecule has 4 heteroatoms. The molecule has 0 aliphatic carbocycles. The van der Waals surface area contributed by atoms with Gasteiger partial charge in [-0.1, -0.05) is 13.0 Å². The molecule has 1 amide bonds. The van der Waals surface area contributed by atoms with E-state index in [1.807, 2.05) is 39.0 Å². The molecule has 3 nitrogen and oxygen atoms in total. The van der Waals surface area contributed by atoms with Gasteiger partial charge in [-0.2, -0.15) is 0 Å². The number of benzene rings is 1. The first-order chi connectivity index (χ1) is 8.11. The fraction of sp³-hybridized carbons (Fsp3) is 0.462. The Hall–Kier alpha value is -1.16. The van der Waals surface area contributed by atoms with E-state index in [-0.39, 0.29) is 17.3 Å². The van der Waals surface area contributed by atoms with E-state index in [2.05, 4.69) is 5.32 Å². The predicted molar refractivity (Wildman–Crippen MR) is 70.8 cm³/mol. The zero-order valence-electron chi connectivity index (χ0n) is 10.3. The first kappa shape index (κ1) is 12.3. The number of carbonyl (C=O) groups excluding carboxylic acids is 1. The Balaban J connectivity index is 2.33. The van der Waals surface area contributed by atoms with Crippen molar-refractivity contribution in [2.75, 3.05) is 5.32 Å². The van der Waals surface area contributed by atoms with Crippen molar-refractivity contribution in [3.63, 3.8) is 0 Å². The van der Waals surface area contributed by atoms with Crippen LogP contribution < -0.4 is 10.1 Å². The van der Waals surface area contributed by atoms with Gasteiger partial charge in [0.1, 0.15) is 5.75 Å². The quantitative estimate of drug-likeness (QED) is 0.895. The SMILES string of the molecule is CCC1Sc2cccc(OC(C)C)c2NC1=O. The van der Waals surface area contributed by atoms with Crippen molar-refractivity contribution in [2.45, 2.75) is 43.4 Å². The molecule has 1 aliphatic rings. The van der Waals surface area contributed by atoms with E-state index in [1.165, 1.54) is 0 Å². The molecule has 1 aromatic rings. The number of carbonyl (C=O) groups is 1. The molecule has 0 radical (unpaired) electrons. The molecule has 0 saturated carbocycles. The molecule has 0 fully saturated rings. The minimum atomic E-state index is 0.0109. The molecule has 1 unspecified atom stereocenters. The third-order valence-electron chi connectivity index (χ3n) is 2.53. The van der Waals surface area contributed by atoms with Gasteiger partial charge in [-0.25, -0.2) is 0 Å². The Labute approximate surface area is 106 Å². The second-order valence-electron chi connectivity index (χ2n) is 4.30. The molecular formula is C13H17NO2S. The lowest BCUT2D eigenvalue weighted by atomic mass is 10.2. The lowest BCUT2D eigenvalue weighted by Gasteiger charge is -2.25. The van der Waals surface area contributed by atoms with E-state index in [1.54, 1.807) is 11.8 Å². The molecule has 0 aromatic heterocycles. The minimum Gasteiger partial charge on any atom is -0.489 e. The molecule has 1 N–H and O–H groups in total. The number of fused-ring (bicyclic) bond motifs is 1. The first-order valence-corrected chi connectivity index (χ1v) is 6.77. The van der Waals surface area contributed by atoms with Gasteiger partial charge in [-0.3, -0.25) is 4.79 Å². The predicted octanol–water partition coefficient (Wildman–Crippen LogP) is 3.30. The molecule has 1 atom stereocenters. The van der Waals surface area contributed by atoms with Crippen molar-refractivity contribution in [3.05, 3.63) is 18.2 Å². The molecule has 1 aliphatic heterocycles. The second kappa shape index (κ2) is 5.00. The van der Waals surface area contributed by atoms with Crippen molar-refractivity contribution >= 4 is 23.4 Å². The summed E-state index contributed by atoms with van der Waals surface area (Å²) in [6.07, 6.45) is 0.942. The van der Waals surface area contributed by atoms with Crippen LogP contribution in [0.3, 0.4) is 0 Å². The van der Waals surface area contributed by atoms with Crippen LogP contribution in [0.4, 0.5) is 5.69 Å². The van der Waals surface area contributed by atoms with Crippen LogP contribution in [0.2, 0.25) is 0 Å². The van der Waals surface area contributed by atoms with E-state index in [4.69, 9.17) is 4.74 Å². The van der Waals surface area contributed by atoms with Crippen molar-refractivity contribution in [1.82, 2.24) is 0 Å². The summed E-state index contributed by atoms with van der Waals surface area (Å²) in [7, 11) is 0. The van der Waals surface area contributed by atoms with Gasteiger partial charge < -0.3 is 10.1 Å². The summed E-state index contributed by atoms with van der Waals surface area (Å²) in [5, 5.41) is 2.96. The van der Waals surface area contributed by atoms with E-state index in [9.17, 15) is 4.79 Å². The normalized spacial score (nSPS) is 18.8. The van der Waals surface area contributed by atoms with Crippen LogP contribution >= 0.6 is 11.8 Å². The van der Waals surface area contributed by atoms with Gasteiger partial charge in [0.25, 0.3) is 0 Å². The summed E-state index contributed by atoms with van der Waals surface area (Å²) < 4.78 is 5.70. The maximum atomic E-state index is 11.8. The topological polar surface area (TPSA) is 38.3 Å². The fourth-order valence-corrected chi connectivity index (χ4v) is 2.83. The number of anilines is 1. The van der Waals surface area contributed by atoms with Crippen molar-refractivity contribution in [3.8, 4) is 5.75 Å². The maximum Gasteiger partial charge on any atom is 0.237 e. The molecule has 1 aromatic carbocycles. The summed E-state index contributed by atoms with van der Waals surface area (Å²) in [6, 6.07) is 5.88. The van der Waals surface area contributed by atoms with E-state index < -0.39 is 0 Å².